The van der Waals surface area contributed by atoms with E-state index in [9.17, 15) is 9.59 Å². The molecule has 1 N–H and O–H groups in total. The van der Waals surface area contributed by atoms with Crippen LogP contribution in [0.1, 0.15) is 13.3 Å². The molecular formula is C26H32BrN5O3S. The number of ether oxygens (including phenoxy) is 1. The summed E-state index contributed by atoms with van der Waals surface area (Å²) >= 11 is 9.20. The highest BCUT2D eigenvalue weighted by Gasteiger charge is 2.44. The van der Waals surface area contributed by atoms with E-state index in [-0.39, 0.29) is 18.2 Å². The van der Waals surface area contributed by atoms with E-state index in [2.05, 4.69) is 38.1 Å². The van der Waals surface area contributed by atoms with Crippen molar-refractivity contribution in [3.8, 4) is 5.75 Å². The van der Waals surface area contributed by atoms with Gasteiger partial charge in [0.1, 0.15) is 11.8 Å². The van der Waals surface area contributed by atoms with Crippen LogP contribution in [-0.4, -0.2) is 90.6 Å². The highest BCUT2D eigenvalue weighted by Crippen LogP contribution is 2.29. The van der Waals surface area contributed by atoms with Crippen LogP contribution < -0.4 is 15.0 Å². The summed E-state index contributed by atoms with van der Waals surface area (Å²) in [5.74, 6) is 0.321. The van der Waals surface area contributed by atoms with E-state index in [0.717, 1.165) is 42.9 Å². The first kappa shape index (κ1) is 26.5. The van der Waals surface area contributed by atoms with Gasteiger partial charge >= 0.3 is 0 Å². The summed E-state index contributed by atoms with van der Waals surface area (Å²) in [6.45, 7) is 7.83. The maximum atomic E-state index is 13.6. The number of piperazine rings is 1. The summed E-state index contributed by atoms with van der Waals surface area (Å²) in [6.07, 6.45) is 0.0192. The maximum absolute atomic E-state index is 13.6. The summed E-state index contributed by atoms with van der Waals surface area (Å²) in [6, 6.07) is 14.0. The molecule has 2 aromatic carbocycles. The molecule has 1 atom stereocenters. The lowest BCUT2D eigenvalue weighted by molar-refractivity contribution is -0.124. The van der Waals surface area contributed by atoms with E-state index < -0.39 is 6.04 Å². The summed E-state index contributed by atoms with van der Waals surface area (Å²) in [4.78, 5) is 34.7. The maximum Gasteiger partial charge on any atom is 0.256 e. The second-order valence-electron chi connectivity index (χ2n) is 9.00. The Labute approximate surface area is 226 Å². The molecule has 0 spiro atoms. The van der Waals surface area contributed by atoms with Gasteiger partial charge in [0, 0.05) is 49.4 Å². The standard InChI is InChI=1S/C26H32BrN5O3S/c1-3-35-22-10-8-21(9-11-22)32-25(34)23(18-24(33)28-20-6-4-19(27)5-7-20)31(26(32)36)17-16-30-14-12-29(2)13-15-30/h4-11,23H,3,12-18H2,1-2H3,(H,28,33)/t23-/m1/s1. The van der Waals surface area contributed by atoms with Crippen molar-refractivity contribution in [2.24, 2.45) is 0 Å². The number of carbonyl (C=O) groups is 2. The number of halogens is 1. The second kappa shape index (κ2) is 12.1. The number of benzene rings is 2. The second-order valence-corrected chi connectivity index (χ2v) is 10.3. The first-order chi connectivity index (χ1) is 17.4. The minimum Gasteiger partial charge on any atom is -0.494 e. The van der Waals surface area contributed by atoms with Crippen molar-refractivity contribution in [2.75, 3.05) is 63.1 Å². The van der Waals surface area contributed by atoms with E-state index in [1.807, 2.05) is 60.4 Å². The Morgan fingerprint density at radius 1 is 1.06 bits per heavy atom. The fraction of sp³-hybridized carbons (Fsp3) is 0.423. The van der Waals surface area contributed by atoms with Gasteiger partial charge in [-0.05, 0) is 74.7 Å². The zero-order valence-corrected chi connectivity index (χ0v) is 23.1. The number of nitrogens with zero attached hydrogens (tertiary/aromatic N) is 4. The number of anilines is 2. The van der Waals surface area contributed by atoms with Gasteiger partial charge in [0.2, 0.25) is 5.91 Å². The monoisotopic (exact) mass is 573 g/mol. The molecule has 4 rings (SSSR count). The average molecular weight is 575 g/mol. The van der Waals surface area contributed by atoms with E-state index >= 15 is 0 Å². The summed E-state index contributed by atoms with van der Waals surface area (Å²) < 4.78 is 6.47. The van der Waals surface area contributed by atoms with Crippen LogP contribution in [-0.2, 0) is 9.59 Å². The molecule has 0 radical (unpaired) electrons. The van der Waals surface area contributed by atoms with E-state index in [4.69, 9.17) is 17.0 Å². The number of thiocarbonyl (C=S) groups is 1. The number of likely N-dealkylation sites (N-methyl/N-ethyl adjacent to an activating group) is 1. The molecule has 0 bridgehead atoms. The van der Waals surface area contributed by atoms with E-state index in [1.54, 1.807) is 4.90 Å². The molecule has 2 aromatic rings. The van der Waals surface area contributed by atoms with E-state index in [1.165, 1.54) is 0 Å². The molecule has 2 heterocycles. The average Bonchev–Trinajstić information content (AvgIpc) is 3.09. The summed E-state index contributed by atoms with van der Waals surface area (Å²) in [5.41, 5.74) is 1.36. The lowest BCUT2D eigenvalue weighted by atomic mass is 10.1. The van der Waals surface area contributed by atoms with Gasteiger partial charge in [0.05, 0.1) is 18.7 Å². The van der Waals surface area contributed by atoms with Gasteiger partial charge < -0.3 is 19.9 Å². The Kier molecular flexibility index (Phi) is 8.95. The number of amides is 2. The Bertz CT molecular complexity index is 1070. The predicted octanol–water partition coefficient (Wildman–Crippen LogP) is 3.43. The fourth-order valence-electron chi connectivity index (χ4n) is 4.42. The third kappa shape index (κ3) is 6.42. The van der Waals surface area contributed by atoms with Gasteiger partial charge in [-0.15, -0.1) is 0 Å². The molecule has 10 heteroatoms. The van der Waals surface area contributed by atoms with Crippen LogP contribution in [0.2, 0.25) is 0 Å². The van der Waals surface area contributed by atoms with Crippen LogP contribution in [0.5, 0.6) is 5.75 Å². The van der Waals surface area contributed by atoms with Gasteiger partial charge in [0.25, 0.3) is 5.91 Å². The van der Waals surface area contributed by atoms with Crippen molar-refractivity contribution < 1.29 is 14.3 Å². The molecule has 2 saturated heterocycles. The van der Waals surface area contributed by atoms with Crippen molar-refractivity contribution >= 4 is 56.4 Å². The largest absolute Gasteiger partial charge is 0.494 e. The molecular weight excluding hydrogens is 542 g/mol. The van der Waals surface area contributed by atoms with Crippen LogP contribution in [0.15, 0.2) is 53.0 Å². The zero-order chi connectivity index (χ0) is 25.7. The molecule has 8 nitrogen and oxygen atoms in total. The number of hydrogen-bond acceptors (Lipinski definition) is 6. The third-order valence-corrected chi connectivity index (χ3v) is 7.43. The van der Waals surface area contributed by atoms with Crippen LogP contribution in [0.4, 0.5) is 11.4 Å². The molecule has 0 unspecified atom stereocenters. The highest BCUT2D eigenvalue weighted by molar-refractivity contribution is 9.10. The van der Waals surface area contributed by atoms with Gasteiger partial charge in [-0.25, -0.2) is 0 Å². The van der Waals surface area contributed by atoms with Crippen molar-refractivity contribution in [3.05, 3.63) is 53.0 Å². The lowest BCUT2D eigenvalue weighted by Gasteiger charge is -2.34. The first-order valence-electron chi connectivity index (χ1n) is 12.2. The first-order valence-corrected chi connectivity index (χ1v) is 13.4. The highest BCUT2D eigenvalue weighted by atomic mass is 79.9. The molecule has 36 heavy (non-hydrogen) atoms. The molecule has 2 aliphatic rings. The minimum atomic E-state index is -0.660. The molecule has 192 valence electrons. The number of rotatable bonds is 9. The molecule has 2 aliphatic heterocycles. The van der Waals surface area contributed by atoms with E-state index in [0.29, 0.717) is 29.6 Å². The quantitative estimate of drug-likeness (QED) is 0.461. The normalized spacial score (nSPS) is 19.1. The number of carbonyl (C=O) groups excluding carboxylic acids is 2. The van der Waals surface area contributed by atoms with Gasteiger partial charge in [0.15, 0.2) is 5.11 Å². The third-order valence-electron chi connectivity index (χ3n) is 6.48. The predicted molar refractivity (Wildman–Crippen MR) is 150 cm³/mol. The number of nitrogens with one attached hydrogen (secondary N) is 1. The number of hydrogen-bond donors (Lipinski definition) is 1. The van der Waals surface area contributed by atoms with Crippen molar-refractivity contribution in [1.82, 2.24) is 14.7 Å². The molecule has 0 aliphatic carbocycles. The Morgan fingerprint density at radius 2 is 1.72 bits per heavy atom. The molecule has 2 amide bonds. The minimum absolute atomic E-state index is 0.0192. The molecule has 0 aromatic heterocycles. The van der Waals surface area contributed by atoms with Crippen LogP contribution in [0, 0.1) is 0 Å². The van der Waals surface area contributed by atoms with Gasteiger partial charge in [-0.1, -0.05) is 15.9 Å². The molecule has 0 saturated carbocycles. The topological polar surface area (TPSA) is 68.4 Å². The Hall–Kier alpha value is -2.53. The van der Waals surface area contributed by atoms with Gasteiger partial charge in [-0.3, -0.25) is 19.4 Å². The smallest absolute Gasteiger partial charge is 0.256 e. The summed E-state index contributed by atoms with van der Waals surface area (Å²) in [5, 5.41) is 3.34. The Morgan fingerprint density at radius 3 is 2.36 bits per heavy atom. The van der Waals surface area contributed by atoms with Crippen molar-refractivity contribution in [3.63, 3.8) is 0 Å². The van der Waals surface area contributed by atoms with Crippen LogP contribution >= 0.6 is 28.1 Å². The van der Waals surface area contributed by atoms with Crippen LogP contribution in [0.3, 0.4) is 0 Å². The summed E-state index contributed by atoms with van der Waals surface area (Å²) in [7, 11) is 2.13. The SMILES string of the molecule is CCOc1ccc(N2C(=O)[C@@H](CC(=O)Nc3ccc(Br)cc3)N(CCN3CCN(C)CC3)C2=S)cc1. The van der Waals surface area contributed by atoms with Crippen LogP contribution in [0.25, 0.3) is 0 Å². The van der Waals surface area contributed by atoms with Crippen molar-refractivity contribution in [1.29, 1.82) is 0 Å². The van der Waals surface area contributed by atoms with Gasteiger partial charge in [-0.2, -0.15) is 0 Å². The fourth-order valence-corrected chi connectivity index (χ4v) is 5.10. The molecule has 2 fully saturated rings. The lowest BCUT2D eigenvalue weighted by Crippen LogP contribution is -2.48. The Balaban J connectivity index is 1.50. The zero-order valence-electron chi connectivity index (χ0n) is 20.7. The van der Waals surface area contributed by atoms with Crippen molar-refractivity contribution in [2.45, 2.75) is 19.4 Å².